The Hall–Kier alpha value is -1.15. The highest BCUT2D eigenvalue weighted by Crippen LogP contribution is 2.21. The summed E-state index contributed by atoms with van der Waals surface area (Å²) < 4.78 is 27.5. The first-order chi connectivity index (χ1) is 9.51. The van der Waals surface area contributed by atoms with E-state index >= 15 is 0 Å². The normalized spacial score (nSPS) is 11.5. The average molecular weight is 332 g/mol. The molecule has 2 rings (SSSR count). The molecule has 2 aromatic rings. The lowest BCUT2D eigenvalue weighted by atomic mass is 10.4. The van der Waals surface area contributed by atoms with Crippen LogP contribution in [-0.2, 0) is 16.6 Å². The largest absolute Gasteiger partial charge is 0.370 e. The fraction of sp³-hybridized carbons (Fsp3) is 0.250. The molecule has 0 aromatic carbocycles. The van der Waals surface area contributed by atoms with Gasteiger partial charge in [-0.2, -0.15) is 0 Å². The van der Waals surface area contributed by atoms with Crippen molar-refractivity contribution in [1.29, 1.82) is 0 Å². The quantitative estimate of drug-likeness (QED) is 0.853. The van der Waals surface area contributed by atoms with Gasteiger partial charge in [-0.05, 0) is 25.1 Å². The molecule has 20 heavy (non-hydrogen) atoms. The minimum absolute atomic E-state index is 0.186. The molecule has 0 fully saturated rings. The molecule has 2 aromatic heterocycles. The van der Waals surface area contributed by atoms with E-state index < -0.39 is 10.0 Å². The third kappa shape index (κ3) is 3.92. The van der Waals surface area contributed by atoms with Crippen molar-refractivity contribution in [2.75, 3.05) is 11.9 Å². The number of thiophene rings is 1. The molecule has 5 nitrogen and oxygen atoms in total. The van der Waals surface area contributed by atoms with Gasteiger partial charge >= 0.3 is 0 Å². The average Bonchev–Trinajstić information content (AvgIpc) is 2.83. The van der Waals surface area contributed by atoms with E-state index in [9.17, 15) is 8.42 Å². The van der Waals surface area contributed by atoms with Gasteiger partial charge in [0.15, 0.2) is 0 Å². The number of anilines is 1. The number of halogens is 1. The Morgan fingerprint density at radius 2 is 2.15 bits per heavy atom. The SMILES string of the molecule is CCNc1cc(S(=O)(=O)NCc2ccc(Cl)s2)ccn1. The summed E-state index contributed by atoms with van der Waals surface area (Å²) in [5.41, 5.74) is 0. The first-order valence-corrected chi connectivity index (χ1v) is 8.63. The van der Waals surface area contributed by atoms with E-state index in [0.29, 0.717) is 16.7 Å². The Bertz CT molecular complexity index is 686. The van der Waals surface area contributed by atoms with Crippen LogP contribution >= 0.6 is 22.9 Å². The molecule has 0 aliphatic rings. The maximum absolute atomic E-state index is 12.2. The van der Waals surface area contributed by atoms with Gasteiger partial charge in [0.2, 0.25) is 10.0 Å². The third-order valence-electron chi connectivity index (χ3n) is 2.46. The summed E-state index contributed by atoms with van der Waals surface area (Å²) in [4.78, 5) is 5.09. The molecule has 0 aliphatic heterocycles. The van der Waals surface area contributed by atoms with Crippen LogP contribution in [0.2, 0.25) is 4.34 Å². The lowest BCUT2D eigenvalue weighted by Gasteiger charge is -2.07. The molecule has 8 heteroatoms. The molecule has 2 N–H and O–H groups in total. The smallest absolute Gasteiger partial charge is 0.241 e. The van der Waals surface area contributed by atoms with Crippen molar-refractivity contribution in [2.45, 2.75) is 18.4 Å². The number of aromatic nitrogens is 1. The zero-order chi connectivity index (χ0) is 14.6. The second-order valence-electron chi connectivity index (χ2n) is 3.94. The number of rotatable bonds is 6. The van der Waals surface area contributed by atoms with Gasteiger partial charge in [0, 0.05) is 30.2 Å². The maximum Gasteiger partial charge on any atom is 0.241 e. The summed E-state index contributed by atoms with van der Waals surface area (Å²) in [6, 6.07) is 6.51. The number of nitrogens with zero attached hydrogens (tertiary/aromatic N) is 1. The first kappa shape index (κ1) is 15.2. The predicted octanol–water partition coefficient (Wildman–Crippen LogP) is 2.71. The lowest BCUT2D eigenvalue weighted by molar-refractivity contribution is 0.581. The molecular weight excluding hydrogens is 318 g/mol. The summed E-state index contributed by atoms with van der Waals surface area (Å²) in [6.45, 7) is 2.82. The van der Waals surface area contributed by atoms with E-state index in [1.165, 1.54) is 29.7 Å². The predicted molar refractivity (Wildman–Crippen MR) is 81.8 cm³/mol. The van der Waals surface area contributed by atoms with Crippen LogP contribution in [0.25, 0.3) is 0 Å². The monoisotopic (exact) mass is 331 g/mol. The van der Waals surface area contributed by atoms with E-state index in [-0.39, 0.29) is 11.4 Å². The second-order valence-corrected chi connectivity index (χ2v) is 7.50. The summed E-state index contributed by atoms with van der Waals surface area (Å²) in [6.07, 6.45) is 1.47. The number of pyridine rings is 1. The van der Waals surface area contributed by atoms with E-state index in [1.54, 1.807) is 12.1 Å². The number of nitrogens with one attached hydrogen (secondary N) is 2. The van der Waals surface area contributed by atoms with Crippen molar-refractivity contribution >= 4 is 38.8 Å². The summed E-state index contributed by atoms with van der Waals surface area (Å²) >= 11 is 7.16. The second kappa shape index (κ2) is 6.53. The summed E-state index contributed by atoms with van der Waals surface area (Å²) in [7, 11) is -3.56. The van der Waals surface area contributed by atoms with Gasteiger partial charge in [0.05, 0.1) is 9.23 Å². The maximum atomic E-state index is 12.2. The highest BCUT2D eigenvalue weighted by molar-refractivity contribution is 7.89. The fourth-order valence-electron chi connectivity index (χ4n) is 1.55. The van der Waals surface area contributed by atoms with Crippen LogP contribution in [0.1, 0.15) is 11.8 Å². The lowest BCUT2D eigenvalue weighted by Crippen LogP contribution is -2.23. The highest BCUT2D eigenvalue weighted by atomic mass is 35.5. The van der Waals surface area contributed by atoms with E-state index in [4.69, 9.17) is 11.6 Å². The third-order valence-corrected chi connectivity index (χ3v) is 5.09. The van der Waals surface area contributed by atoms with Crippen LogP contribution in [0.4, 0.5) is 5.82 Å². The Morgan fingerprint density at radius 1 is 1.35 bits per heavy atom. The molecule has 0 aliphatic carbocycles. The van der Waals surface area contributed by atoms with Crippen molar-refractivity contribution in [3.05, 3.63) is 39.7 Å². The Labute approximate surface area is 127 Å². The van der Waals surface area contributed by atoms with Crippen LogP contribution in [0.5, 0.6) is 0 Å². The number of hydrogen-bond donors (Lipinski definition) is 2. The molecular formula is C12H14ClN3O2S2. The van der Waals surface area contributed by atoms with Crippen molar-refractivity contribution in [2.24, 2.45) is 0 Å². The minimum atomic E-state index is -3.56. The molecule has 2 heterocycles. The van der Waals surface area contributed by atoms with Crippen LogP contribution in [-0.4, -0.2) is 19.9 Å². The molecule has 108 valence electrons. The minimum Gasteiger partial charge on any atom is -0.370 e. The van der Waals surface area contributed by atoms with Crippen LogP contribution in [0.15, 0.2) is 35.4 Å². The van der Waals surface area contributed by atoms with Crippen molar-refractivity contribution < 1.29 is 8.42 Å². The number of sulfonamides is 1. The van der Waals surface area contributed by atoms with Crippen LogP contribution in [0.3, 0.4) is 0 Å². The van der Waals surface area contributed by atoms with Crippen molar-refractivity contribution in [3.8, 4) is 0 Å². The molecule has 0 radical (unpaired) electrons. The molecule has 0 unspecified atom stereocenters. The molecule has 0 bridgehead atoms. The van der Waals surface area contributed by atoms with E-state index in [1.807, 2.05) is 6.92 Å². The molecule has 0 atom stereocenters. The topological polar surface area (TPSA) is 71.1 Å². The fourth-order valence-corrected chi connectivity index (χ4v) is 3.69. The van der Waals surface area contributed by atoms with Crippen LogP contribution < -0.4 is 10.0 Å². The van der Waals surface area contributed by atoms with Gasteiger partial charge in [-0.3, -0.25) is 0 Å². The van der Waals surface area contributed by atoms with Crippen molar-refractivity contribution in [1.82, 2.24) is 9.71 Å². The van der Waals surface area contributed by atoms with Gasteiger partial charge in [0.25, 0.3) is 0 Å². The van der Waals surface area contributed by atoms with Crippen LogP contribution in [0, 0.1) is 0 Å². The molecule has 0 amide bonds. The summed E-state index contributed by atoms with van der Waals surface area (Å²) in [5.74, 6) is 0.537. The van der Waals surface area contributed by atoms with E-state index in [2.05, 4.69) is 15.0 Å². The Balaban J connectivity index is 2.11. The number of hydrogen-bond acceptors (Lipinski definition) is 5. The van der Waals surface area contributed by atoms with Gasteiger partial charge in [0.1, 0.15) is 5.82 Å². The van der Waals surface area contributed by atoms with E-state index in [0.717, 1.165) is 4.88 Å². The van der Waals surface area contributed by atoms with Gasteiger partial charge in [-0.15, -0.1) is 11.3 Å². The first-order valence-electron chi connectivity index (χ1n) is 5.95. The van der Waals surface area contributed by atoms with Crippen molar-refractivity contribution in [3.63, 3.8) is 0 Å². The Kier molecular flexibility index (Phi) is 4.98. The Morgan fingerprint density at radius 3 is 2.80 bits per heavy atom. The summed E-state index contributed by atoms with van der Waals surface area (Å²) in [5, 5.41) is 2.98. The van der Waals surface area contributed by atoms with Gasteiger partial charge in [-0.1, -0.05) is 11.6 Å². The molecule has 0 spiro atoms. The standard InChI is InChI=1S/C12H14ClN3O2S2/c1-2-14-12-7-10(5-6-15-12)20(17,18)16-8-9-3-4-11(13)19-9/h3-7,16H,2,8H2,1H3,(H,14,15). The van der Waals surface area contributed by atoms with Gasteiger partial charge in [-0.25, -0.2) is 18.1 Å². The zero-order valence-electron chi connectivity index (χ0n) is 10.8. The zero-order valence-corrected chi connectivity index (χ0v) is 13.1. The molecule has 0 saturated carbocycles. The molecule has 0 saturated heterocycles. The highest BCUT2D eigenvalue weighted by Gasteiger charge is 2.15. The van der Waals surface area contributed by atoms with Gasteiger partial charge < -0.3 is 5.32 Å².